The molecule has 0 bridgehead atoms. The maximum atomic E-state index is 2.83. The van der Waals surface area contributed by atoms with Crippen LogP contribution in [0.3, 0.4) is 0 Å². The van der Waals surface area contributed by atoms with Crippen molar-refractivity contribution in [1.82, 2.24) is 14.4 Å². The van der Waals surface area contributed by atoms with E-state index < -0.39 is 0 Å². The number of nitrogens with zero attached hydrogens (tertiary/aromatic N) is 3. The molecule has 4 heterocycles. The Labute approximate surface area is 151 Å². The van der Waals surface area contributed by atoms with Gasteiger partial charge in [-0.2, -0.15) is 0 Å². The average Bonchev–Trinajstić information content (AvgIpc) is 2.96. The first kappa shape index (κ1) is 15.9. The second-order valence-electron chi connectivity index (χ2n) is 8.88. The number of aromatic nitrogens is 1. The van der Waals surface area contributed by atoms with E-state index in [1.54, 1.807) is 11.3 Å². The van der Waals surface area contributed by atoms with Crippen LogP contribution < -0.4 is 0 Å². The number of hydrogen-bond acceptors (Lipinski definition) is 2. The average molecular weight is 338 g/mol. The highest BCUT2D eigenvalue weighted by molar-refractivity contribution is 5.86. The normalized spacial score (nSPS) is 31.5. The van der Waals surface area contributed by atoms with Gasteiger partial charge in [0.2, 0.25) is 0 Å². The van der Waals surface area contributed by atoms with E-state index in [1.807, 2.05) is 0 Å². The number of hydrogen-bond donors (Lipinski definition) is 0. The molecule has 0 amide bonds. The van der Waals surface area contributed by atoms with Crippen molar-refractivity contribution in [2.75, 3.05) is 33.7 Å². The Morgan fingerprint density at radius 1 is 1.20 bits per heavy atom. The molecular formula is C22H31N3. The van der Waals surface area contributed by atoms with Crippen LogP contribution >= 0.6 is 0 Å². The fourth-order valence-corrected chi connectivity index (χ4v) is 6.41. The van der Waals surface area contributed by atoms with Gasteiger partial charge in [0.25, 0.3) is 0 Å². The predicted molar refractivity (Wildman–Crippen MR) is 104 cm³/mol. The molecule has 1 unspecified atom stereocenters. The second kappa shape index (κ2) is 5.59. The topological polar surface area (TPSA) is 11.4 Å². The molecule has 3 aliphatic heterocycles. The summed E-state index contributed by atoms with van der Waals surface area (Å²) in [6, 6.07) is 10.5. The van der Waals surface area contributed by atoms with Gasteiger partial charge in [-0.1, -0.05) is 25.1 Å². The van der Waals surface area contributed by atoms with E-state index in [2.05, 4.69) is 59.7 Å². The molecule has 25 heavy (non-hydrogen) atoms. The summed E-state index contributed by atoms with van der Waals surface area (Å²) in [5.41, 5.74) is 5.32. The molecule has 2 aromatic rings. The van der Waals surface area contributed by atoms with E-state index in [-0.39, 0.29) is 0 Å². The highest BCUT2D eigenvalue weighted by Crippen LogP contribution is 2.59. The minimum Gasteiger partial charge on any atom is -0.338 e. The molecule has 1 fully saturated rings. The summed E-state index contributed by atoms with van der Waals surface area (Å²) in [5.74, 6) is 0. The van der Waals surface area contributed by atoms with Crippen LogP contribution in [0, 0.1) is 5.41 Å². The molecule has 0 spiro atoms. The molecular weight excluding hydrogens is 306 g/mol. The maximum absolute atomic E-state index is 2.83. The van der Waals surface area contributed by atoms with Gasteiger partial charge in [-0.25, -0.2) is 0 Å². The van der Waals surface area contributed by atoms with Gasteiger partial charge in [0.05, 0.1) is 6.04 Å². The first-order valence-corrected chi connectivity index (χ1v) is 10.1. The third-order valence-electron chi connectivity index (χ3n) is 7.32. The van der Waals surface area contributed by atoms with Crippen LogP contribution in [0.4, 0.5) is 0 Å². The summed E-state index contributed by atoms with van der Waals surface area (Å²) in [6.45, 7) is 6.15. The molecule has 3 aliphatic rings. The van der Waals surface area contributed by atoms with E-state index in [9.17, 15) is 0 Å². The Balaban J connectivity index is 1.80. The molecule has 0 aliphatic carbocycles. The van der Waals surface area contributed by atoms with Crippen molar-refractivity contribution in [3.05, 3.63) is 35.5 Å². The lowest BCUT2D eigenvalue weighted by Crippen LogP contribution is -2.53. The highest BCUT2D eigenvalue weighted by atomic mass is 15.2. The summed E-state index contributed by atoms with van der Waals surface area (Å²) < 4.78 is 2.76. The van der Waals surface area contributed by atoms with Gasteiger partial charge < -0.3 is 9.47 Å². The van der Waals surface area contributed by atoms with Crippen LogP contribution in [-0.2, 0) is 6.42 Å². The van der Waals surface area contributed by atoms with Gasteiger partial charge >= 0.3 is 0 Å². The van der Waals surface area contributed by atoms with E-state index >= 15 is 0 Å². The number of likely N-dealkylation sites (N-methyl/N-ethyl adjacent to an activating group) is 1. The van der Waals surface area contributed by atoms with Crippen LogP contribution in [0.1, 0.15) is 55.9 Å². The standard InChI is InChI=1S/C22H31N3/c1-4-22-11-7-12-24-13-10-18-17-8-5-6-9-19(17)25(20(18)21(22)24)16(14-22)15-23(2)3/h5-6,8-9,16,21H,4,7,10-15H2,1-3H3/t16?,21-,22+/m1/s1. The predicted octanol–water partition coefficient (Wildman–Crippen LogP) is 4.24. The zero-order valence-corrected chi connectivity index (χ0v) is 16.0. The van der Waals surface area contributed by atoms with Crippen LogP contribution in [0.5, 0.6) is 0 Å². The Kier molecular flexibility index (Phi) is 3.55. The third-order valence-corrected chi connectivity index (χ3v) is 7.32. The van der Waals surface area contributed by atoms with Crippen molar-refractivity contribution in [3.63, 3.8) is 0 Å². The molecule has 3 nitrogen and oxygen atoms in total. The number of benzene rings is 1. The minimum absolute atomic E-state index is 0.485. The third kappa shape index (κ3) is 2.12. The molecule has 1 saturated heterocycles. The maximum Gasteiger partial charge on any atom is 0.0561 e. The zero-order chi connectivity index (χ0) is 17.2. The molecule has 1 aromatic heterocycles. The number of para-hydroxylation sites is 1. The fourth-order valence-electron chi connectivity index (χ4n) is 6.41. The smallest absolute Gasteiger partial charge is 0.0561 e. The second-order valence-corrected chi connectivity index (χ2v) is 8.88. The quantitative estimate of drug-likeness (QED) is 0.830. The van der Waals surface area contributed by atoms with Gasteiger partial charge in [-0.05, 0) is 69.8 Å². The van der Waals surface area contributed by atoms with Crippen molar-refractivity contribution in [2.24, 2.45) is 5.41 Å². The van der Waals surface area contributed by atoms with Crippen LogP contribution in [0.25, 0.3) is 10.9 Å². The monoisotopic (exact) mass is 337 g/mol. The molecule has 1 aromatic carbocycles. The molecule has 3 heteroatoms. The Hall–Kier alpha value is -1.32. The number of fused-ring (bicyclic) bond motifs is 3. The van der Waals surface area contributed by atoms with Crippen LogP contribution in [0.2, 0.25) is 0 Å². The van der Waals surface area contributed by atoms with Gasteiger partial charge in [0.15, 0.2) is 0 Å². The van der Waals surface area contributed by atoms with Crippen molar-refractivity contribution in [1.29, 1.82) is 0 Å². The van der Waals surface area contributed by atoms with E-state index in [1.165, 1.54) is 56.1 Å². The summed E-state index contributed by atoms with van der Waals surface area (Å²) in [7, 11) is 4.46. The van der Waals surface area contributed by atoms with E-state index in [0.717, 1.165) is 6.54 Å². The molecule has 5 rings (SSSR count). The zero-order valence-electron chi connectivity index (χ0n) is 16.0. The fraction of sp³-hybridized carbons (Fsp3) is 0.636. The molecule has 0 N–H and O–H groups in total. The van der Waals surface area contributed by atoms with Crippen molar-refractivity contribution in [3.8, 4) is 0 Å². The summed E-state index contributed by atoms with van der Waals surface area (Å²) in [4.78, 5) is 5.22. The van der Waals surface area contributed by atoms with Crippen LogP contribution in [0.15, 0.2) is 24.3 Å². The van der Waals surface area contributed by atoms with Crippen molar-refractivity contribution >= 4 is 10.9 Å². The number of piperidine rings is 1. The number of rotatable bonds is 3. The van der Waals surface area contributed by atoms with E-state index in [0.29, 0.717) is 17.5 Å². The largest absolute Gasteiger partial charge is 0.338 e. The van der Waals surface area contributed by atoms with Gasteiger partial charge in [0.1, 0.15) is 0 Å². The lowest BCUT2D eigenvalue weighted by molar-refractivity contribution is -0.0381. The van der Waals surface area contributed by atoms with Crippen molar-refractivity contribution in [2.45, 2.75) is 51.1 Å². The highest BCUT2D eigenvalue weighted by Gasteiger charge is 2.52. The lowest BCUT2D eigenvalue weighted by Gasteiger charge is -2.57. The van der Waals surface area contributed by atoms with E-state index in [4.69, 9.17) is 0 Å². The Morgan fingerprint density at radius 2 is 2.04 bits per heavy atom. The van der Waals surface area contributed by atoms with Gasteiger partial charge in [-0.15, -0.1) is 0 Å². The first-order valence-electron chi connectivity index (χ1n) is 10.1. The summed E-state index contributed by atoms with van der Waals surface area (Å²) in [6.07, 6.45) is 6.69. The minimum atomic E-state index is 0.485. The van der Waals surface area contributed by atoms with Crippen LogP contribution in [-0.4, -0.2) is 48.1 Å². The van der Waals surface area contributed by atoms with Crippen molar-refractivity contribution < 1.29 is 0 Å². The lowest BCUT2D eigenvalue weighted by atomic mass is 9.63. The van der Waals surface area contributed by atoms with Gasteiger partial charge in [0, 0.05) is 35.7 Å². The van der Waals surface area contributed by atoms with Gasteiger partial charge in [-0.3, -0.25) is 4.90 Å². The Bertz CT molecular complexity index is 805. The summed E-state index contributed by atoms with van der Waals surface area (Å²) in [5, 5.41) is 1.53. The molecule has 3 atom stereocenters. The molecule has 0 saturated carbocycles. The SMILES string of the molecule is CC[C@]12CCCN3CCc4c(n(c5ccccc45)C(CN(C)C)C1)[C@@H]32. The molecule has 134 valence electrons. The first-order chi connectivity index (χ1) is 12.1. The Morgan fingerprint density at radius 3 is 2.84 bits per heavy atom. The molecule has 0 radical (unpaired) electrons. The summed E-state index contributed by atoms with van der Waals surface area (Å²) >= 11 is 0.